The predicted molar refractivity (Wildman–Crippen MR) is 42.8 cm³/mol. The Morgan fingerprint density at radius 3 is 2.60 bits per heavy atom. The highest BCUT2D eigenvalue weighted by atomic mass is 16.1. The van der Waals surface area contributed by atoms with E-state index in [-0.39, 0.29) is 5.92 Å². The Bertz CT molecular complexity index is 101. The Morgan fingerprint density at radius 1 is 1.60 bits per heavy atom. The first-order chi connectivity index (χ1) is 4.72. The molecule has 0 radical (unpaired) electrons. The van der Waals surface area contributed by atoms with E-state index in [1.807, 2.05) is 13.8 Å². The minimum absolute atomic E-state index is 0.216. The monoisotopic (exact) mass is 143 g/mol. The van der Waals surface area contributed by atoms with Crippen LogP contribution in [0.2, 0.25) is 0 Å². The lowest BCUT2D eigenvalue weighted by Crippen LogP contribution is -2.11. The van der Waals surface area contributed by atoms with Crippen LogP contribution in [0.4, 0.5) is 0 Å². The number of rotatable bonds is 5. The number of hydrogen-bond acceptors (Lipinski definition) is 2. The summed E-state index contributed by atoms with van der Waals surface area (Å²) in [5, 5.41) is 0. The molecule has 0 amide bonds. The van der Waals surface area contributed by atoms with Gasteiger partial charge in [0.15, 0.2) is 0 Å². The molecule has 0 unspecified atom stereocenters. The van der Waals surface area contributed by atoms with E-state index in [0.717, 1.165) is 12.8 Å². The summed E-state index contributed by atoms with van der Waals surface area (Å²) >= 11 is 0. The van der Waals surface area contributed by atoms with Crippen LogP contribution in [0, 0.1) is 5.92 Å². The first-order valence-electron chi connectivity index (χ1n) is 3.95. The van der Waals surface area contributed by atoms with Crippen molar-refractivity contribution < 1.29 is 4.79 Å². The Kier molecular flexibility index (Phi) is 5.22. The molecule has 2 N–H and O–H groups in total. The molecule has 0 rings (SSSR count). The number of carbonyl (C=O) groups excluding carboxylic acids is 1. The second-order valence-corrected chi connectivity index (χ2v) is 2.65. The molecule has 0 saturated heterocycles. The Labute approximate surface area is 62.8 Å². The zero-order valence-electron chi connectivity index (χ0n) is 6.89. The smallest absolute Gasteiger partial charge is 0.135 e. The summed E-state index contributed by atoms with van der Waals surface area (Å²) in [7, 11) is 0. The van der Waals surface area contributed by atoms with Crippen LogP contribution in [0.15, 0.2) is 0 Å². The average molecular weight is 143 g/mol. The summed E-state index contributed by atoms with van der Waals surface area (Å²) in [5.41, 5.74) is 5.31. The van der Waals surface area contributed by atoms with Crippen molar-refractivity contribution in [2.24, 2.45) is 11.7 Å². The van der Waals surface area contributed by atoms with Crippen LogP contribution >= 0.6 is 0 Å². The van der Waals surface area contributed by atoms with Crippen LogP contribution in [0.1, 0.15) is 33.1 Å². The molecule has 0 aliphatic heterocycles. The van der Waals surface area contributed by atoms with Crippen molar-refractivity contribution in [3.8, 4) is 0 Å². The van der Waals surface area contributed by atoms with Crippen molar-refractivity contribution in [1.29, 1.82) is 0 Å². The average Bonchev–Trinajstić information content (AvgIpc) is 1.98. The van der Waals surface area contributed by atoms with Crippen molar-refractivity contribution in [3.05, 3.63) is 0 Å². The van der Waals surface area contributed by atoms with Crippen LogP contribution < -0.4 is 5.73 Å². The van der Waals surface area contributed by atoms with E-state index in [2.05, 4.69) is 0 Å². The minimum atomic E-state index is 0.216. The van der Waals surface area contributed by atoms with Crippen molar-refractivity contribution in [2.45, 2.75) is 33.1 Å². The van der Waals surface area contributed by atoms with Gasteiger partial charge in [0, 0.05) is 12.3 Å². The normalized spacial score (nSPS) is 13.1. The molecule has 10 heavy (non-hydrogen) atoms. The fourth-order valence-corrected chi connectivity index (χ4v) is 0.933. The lowest BCUT2D eigenvalue weighted by atomic mass is 9.99. The zero-order chi connectivity index (χ0) is 7.98. The van der Waals surface area contributed by atoms with Gasteiger partial charge in [-0.25, -0.2) is 0 Å². The highest BCUT2D eigenvalue weighted by Gasteiger charge is 2.08. The number of Topliss-reactive ketones (excluding diaryl/α,β-unsaturated/α-hetero) is 1. The summed E-state index contributed by atoms with van der Waals surface area (Å²) in [6, 6.07) is 0. The quantitative estimate of drug-likeness (QED) is 0.631. The molecule has 2 heteroatoms. The van der Waals surface area contributed by atoms with Gasteiger partial charge in [-0.05, 0) is 19.4 Å². The highest BCUT2D eigenvalue weighted by molar-refractivity contribution is 5.80. The fourth-order valence-electron chi connectivity index (χ4n) is 0.933. The van der Waals surface area contributed by atoms with Gasteiger partial charge in [-0.15, -0.1) is 0 Å². The summed E-state index contributed by atoms with van der Waals surface area (Å²) in [4.78, 5) is 11.0. The molecule has 0 aromatic heterocycles. The third-order valence-electron chi connectivity index (χ3n) is 1.74. The van der Waals surface area contributed by atoms with E-state index in [9.17, 15) is 4.79 Å². The molecule has 0 spiro atoms. The molecule has 0 aliphatic carbocycles. The van der Waals surface area contributed by atoms with Gasteiger partial charge in [0.2, 0.25) is 0 Å². The first-order valence-corrected chi connectivity index (χ1v) is 3.95. The van der Waals surface area contributed by atoms with Crippen molar-refractivity contribution in [2.75, 3.05) is 6.54 Å². The van der Waals surface area contributed by atoms with Crippen LogP contribution in [-0.2, 0) is 4.79 Å². The van der Waals surface area contributed by atoms with Gasteiger partial charge in [-0.3, -0.25) is 4.79 Å². The van der Waals surface area contributed by atoms with E-state index >= 15 is 0 Å². The molecule has 60 valence electrons. The zero-order valence-corrected chi connectivity index (χ0v) is 6.89. The van der Waals surface area contributed by atoms with E-state index in [0.29, 0.717) is 18.7 Å². The van der Waals surface area contributed by atoms with Crippen LogP contribution in [0.3, 0.4) is 0 Å². The van der Waals surface area contributed by atoms with Crippen LogP contribution in [-0.4, -0.2) is 12.3 Å². The van der Waals surface area contributed by atoms with Gasteiger partial charge in [-0.1, -0.05) is 13.8 Å². The lowest BCUT2D eigenvalue weighted by molar-refractivity contribution is -0.122. The van der Waals surface area contributed by atoms with Crippen LogP contribution in [0.5, 0.6) is 0 Å². The van der Waals surface area contributed by atoms with Gasteiger partial charge < -0.3 is 5.73 Å². The number of ketones is 1. The third kappa shape index (κ3) is 3.62. The van der Waals surface area contributed by atoms with Crippen molar-refractivity contribution >= 4 is 5.78 Å². The molecular weight excluding hydrogens is 126 g/mol. The maximum atomic E-state index is 11.0. The second-order valence-electron chi connectivity index (χ2n) is 2.65. The molecule has 0 saturated carbocycles. The highest BCUT2D eigenvalue weighted by Crippen LogP contribution is 2.07. The second kappa shape index (κ2) is 5.42. The van der Waals surface area contributed by atoms with E-state index in [1.165, 1.54) is 0 Å². The van der Waals surface area contributed by atoms with Gasteiger partial charge in [0.1, 0.15) is 5.78 Å². The fraction of sp³-hybridized carbons (Fsp3) is 0.875. The van der Waals surface area contributed by atoms with Crippen molar-refractivity contribution in [3.63, 3.8) is 0 Å². The van der Waals surface area contributed by atoms with E-state index < -0.39 is 0 Å². The standard InChI is InChI=1S/C8H17NO/c1-3-8(10)7(2)5-4-6-9/h7H,3-6,9H2,1-2H3/t7-/m0/s1. The van der Waals surface area contributed by atoms with Gasteiger partial charge in [-0.2, -0.15) is 0 Å². The van der Waals surface area contributed by atoms with Gasteiger partial charge in [0.25, 0.3) is 0 Å². The molecule has 2 nitrogen and oxygen atoms in total. The van der Waals surface area contributed by atoms with Crippen molar-refractivity contribution in [1.82, 2.24) is 0 Å². The maximum absolute atomic E-state index is 11.0. The summed E-state index contributed by atoms with van der Waals surface area (Å²) in [5.74, 6) is 0.571. The molecule has 0 heterocycles. The predicted octanol–water partition coefficient (Wildman–Crippen LogP) is 1.34. The maximum Gasteiger partial charge on any atom is 0.135 e. The van der Waals surface area contributed by atoms with Crippen LogP contribution in [0.25, 0.3) is 0 Å². The van der Waals surface area contributed by atoms with Gasteiger partial charge >= 0.3 is 0 Å². The summed E-state index contributed by atoms with van der Waals surface area (Å²) in [6.07, 6.45) is 2.57. The first kappa shape index (κ1) is 9.63. The molecule has 0 aromatic rings. The Balaban J connectivity index is 3.41. The molecule has 0 fully saturated rings. The topological polar surface area (TPSA) is 43.1 Å². The minimum Gasteiger partial charge on any atom is -0.330 e. The molecule has 0 aromatic carbocycles. The van der Waals surface area contributed by atoms with E-state index in [1.54, 1.807) is 0 Å². The summed E-state index contributed by atoms with van der Waals surface area (Å²) in [6.45, 7) is 4.57. The number of hydrogen-bond donors (Lipinski definition) is 1. The third-order valence-corrected chi connectivity index (χ3v) is 1.74. The molecular formula is C8H17NO. The largest absolute Gasteiger partial charge is 0.330 e. The molecule has 0 aliphatic rings. The Morgan fingerprint density at radius 2 is 2.20 bits per heavy atom. The van der Waals surface area contributed by atoms with E-state index in [4.69, 9.17) is 5.73 Å². The molecule has 0 bridgehead atoms. The lowest BCUT2D eigenvalue weighted by Gasteiger charge is -2.06. The number of carbonyl (C=O) groups is 1. The molecule has 1 atom stereocenters. The van der Waals surface area contributed by atoms with Gasteiger partial charge in [0.05, 0.1) is 0 Å². The Hall–Kier alpha value is -0.370. The number of nitrogens with two attached hydrogens (primary N) is 1. The SMILES string of the molecule is CCC(=O)[C@@H](C)CCCN. The summed E-state index contributed by atoms with van der Waals surface area (Å²) < 4.78 is 0.